The van der Waals surface area contributed by atoms with Crippen LogP contribution in [0.1, 0.15) is 20.8 Å². The van der Waals surface area contributed by atoms with E-state index >= 15 is 0 Å². The Morgan fingerprint density at radius 2 is 1.89 bits per heavy atom. The molecule has 0 aromatic heterocycles. The van der Waals surface area contributed by atoms with Crippen LogP contribution in [0.25, 0.3) is 0 Å². The number of methoxy groups -OCH3 is 1. The predicted octanol–water partition coefficient (Wildman–Crippen LogP) is 2.83. The molecule has 1 rings (SSSR count). The number of carbonyl (C=O) groups is 1. The normalized spacial score (nSPS) is 14.6. The molecule has 1 atom stereocenters. The molecule has 0 unspecified atom stereocenters. The van der Waals surface area contributed by atoms with Gasteiger partial charge in [-0.25, -0.2) is 8.42 Å². The first kappa shape index (κ1) is 24.5. The van der Waals surface area contributed by atoms with E-state index in [1.165, 1.54) is 21.0 Å². The number of sulfone groups is 1. The molecule has 1 amide bonds. The van der Waals surface area contributed by atoms with Gasteiger partial charge in [0.05, 0.1) is 33.1 Å². The number of carbonyl (C=O) groups excluding carboxylic acids is 1. The number of hydrogen-bond donors (Lipinski definition) is 3. The van der Waals surface area contributed by atoms with E-state index in [2.05, 4.69) is 5.32 Å². The summed E-state index contributed by atoms with van der Waals surface area (Å²) in [6, 6.07) is 2.18. The number of alkyl halides is 3. The zero-order chi connectivity index (χ0) is 21.9. The fourth-order valence-corrected chi connectivity index (χ4v) is 3.52. The average Bonchev–Trinajstić information content (AvgIpc) is 2.56. The summed E-state index contributed by atoms with van der Waals surface area (Å²) in [6.45, 7) is 3.55. The Bertz CT molecular complexity index is 826. The van der Waals surface area contributed by atoms with E-state index < -0.39 is 32.8 Å². The second-order valence-corrected chi connectivity index (χ2v) is 9.19. The molecule has 0 aliphatic heterocycles. The van der Waals surface area contributed by atoms with Crippen LogP contribution in [-0.2, 0) is 19.4 Å². The first-order chi connectivity index (χ1) is 12.7. The molecule has 0 spiro atoms. The van der Waals surface area contributed by atoms with Crippen molar-refractivity contribution in [1.82, 2.24) is 0 Å². The molecule has 0 aliphatic carbocycles. The molecule has 0 saturated carbocycles. The molecule has 0 saturated heterocycles. The van der Waals surface area contributed by atoms with Gasteiger partial charge in [0.15, 0.2) is 9.84 Å². The summed E-state index contributed by atoms with van der Waals surface area (Å²) in [4.78, 5) is 11.7. The molecule has 0 radical (unpaired) electrons. The molecular formula is C16H22ClF3N2O5S. The van der Waals surface area contributed by atoms with Gasteiger partial charge in [0.2, 0.25) is 5.60 Å². The maximum atomic E-state index is 12.8. The van der Waals surface area contributed by atoms with E-state index in [0.717, 1.165) is 12.1 Å². The maximum absolute atomic E-state index is 12.8. The third-order valence-corrected chi connectivity index (χ3v) is 6.47. The molecule has 1 aromatic carbocycles. The van der Waals surface area contributed by atoms with E-state index in [0.29, 0.717) is 6.92 Å². The molecule has 7 nitrogen and oxygen atoms in total. The summed E-state index contributed by atoms with van der Waals surface area (Å²) in [5.41, 5.74) is -4.04. The summed E-state index contributed by atoms with van der Waals surface area (Å²) >= 11 is 6.17. The summed E-state index contributed by atoms with van der Waals surface area (Å²) in [5, 5.41) is 13.0. The second-order valence-electron chi connectivity index (χ2n) is 6.34. The van der Waals surface area contributed by atoms with E-state index in [1.807, 2.05) is 5.32 Å². The highest BCUT2D eigenvalue weighted by Gasteiger charge is 2.55. The number of aliphatic hydroxyl groups is 1. The van der Waals surface area contributed by atoms with Crippen LogP contribution in [0.5, 0.6) is 0 Å². The lowest BCUT2D eigenvalue weighted by atomic mass is 10.1. The number of rotatable bonds is 8. The van der Waals surface area contributed by atoms with E-state index in [-0.39, 0.29) is 34.4 Å². The zero-order valence-electron chi connectivity index (χ0n) is 15.6. The summed E-state index contributed by atoms with van der Waals surface area (Å²) in [6.07, 6.45) is -5.22. The Hall–Kier alpha value is -1.56. The van der Waals surface area contributed by atoms with Crippen LogP contribution in [0.2, 0.25) is 5.02 Å². The molecule has 0 heterocycles. The van der Waals surface area contributed by atoms with Gasteiger partial charge in [0.25, 0.3) is 5.91 Å². The lowest BCUT2D eigenvalue weighted by Gasteiger charge is -2.25. The van der Waals surface area contributed by atoms with Gasteiger partial charge >= 0.3 is 6.18 Å². The highest BCUT2D eigenvalue weighted by molar-refractivity contribution is 7.92. The van der Waals surface area contributed by atoms with Gasteiger partial charge in [-0.2, -0.15) is 13.2 Å². The van der Waals surface area contributed by atoms with Crippen molar-refractivity contribution in [2.45, 2.75) is 42.7 Å². The third kappa shape index (κ3) is 5.07. The Morgan fingerprint density at radius 3 is 2.36 bits per heavy atom. The number of halogens is 4. The molecule has 0 fully saturated rings. The van der Waals surface area contributed by atoms with Crippen molar-refractivity contribution < 1.29 is 36.2 Å². The van der Waals surface area contributed by atoms with Gasteiger partial charge in [-0.15, -0.1) is 0 Å². The summed E-state index contributed by atoms with van der Waals surface area (Å²) in [5.74, 6) is -1.76. The topological polar surface area (TPSA) is 105 Å². The van der Waals surface area contributed by atoms with Gasteiger partial charge in [-0.05, 0) is 32.9 Å². The molecule has 160 valence electrons. The van der Waals surface area contributed by atoms with E-state index in [4.69, 9.17) is 16.3 Å². The summed E-state index contributed by atoms with van der Waals surface area (Å²) < 4.78 is 68.5. The van der Waals surface area contributed by atoms with Gasteiger partial charge in [-0.1, -0.05) is 11.6 Å². The highest BCUT2D eigenvalue weighted by atomic mass is 35.5. The van der Waals surface area contributed by atoms with Gasteiger partial charge in [-0.3, -0.25) is 4.79 Å². The number of anilines is 2. The van der Waals surface area contributed by atoms with Crippen molar-refractivity contribution in [3.63, 3.8) is 0 Å². The molecule has 0 bridgehead atoms. The molecule has 28 heavy (non-hydrogen) atoms. The zero-order valence-corrected chi connectivity index (χ0v) is 17.2. The lowest BCUT2D eigenvalue weighted by molar-refractivity contribution is -0.242. The first-order valence-electron chi connectivity index (χ1n) is 8.07. The minimum absolute atomic E-state index is 0.0862. The number of nitrogens with one attached hydrogen (secondary N) is 2. The Morgan fingerprint density at radius 1 is 1.32 bits per heavy atom. The largest absolute Gasteiger partial charge is 0.426 e. The fraction of sp³-hybridized carbons (Fsp3) is 0.562. The van der Waals surface area contributed by atoms with Crippen LogP contribution >= 0.6 is 11.6 Å². The molecule has 12 heteroatoms. The number of benzene rings is 1. The van der Waals surface area contributed by atoms with Crippen LogP contribution in [-0.4, -0.2) is 56.7 Å². The third-order valence-electron chi connectivity index (χ3n) is 3.88. The van der Waals surface area contributed by atoms with Crippen LogP contribution in [0.3, 0.4) is 0 Å². The summed E-state index contributed by atoms with van der Waals surface area (Å²) in [7, 11) is -2.37. The van der Waals surface area contributed by atoms with Crippen molar-refractivity contribution in [3.05, 3.63) is 17.2 Å². The fourth-order valence-electron chi connectivity index (χ4n) is 1.96. The Kier molecular flexibility index (Phi) is 7.74. The smallest absolute Gasteiger partial charge is 0.383 e. The Balaban J connectivity index is 3.41. The molecule has 0 aliphatic rings. The number of amides is 1. The number of hydrogen-bond acceptors (Lipinski definition) is 6. The van der Waals surface area contributed by atoms with Crippen molar-refractivity contribution in [1.29, 1.82) is 0 Å². The minimum atomic E-state index is -5.22. The Labute approximate surface area is 166 Å². The SMILES string of the molecule is COCCNc1c(S(=O)(=O)C(C)C)ccc(NC(=O)[C@@](C)(O)C(F)(F)F)c1Cl. The van der Waals surface area contributed by atoms with Gasteiger partial charge in [0, 0.05) is 13.7 Å². The molecular weight excluding hydrogens is 425 g/mol. The van der Waals surface area contributed by atoms with E-state index in [9.17, 15) is 31.5 Å². The van der Waals surface area contributed by atoms with Crippen LogP contribution < -0.4 is 10.6 Å². The average molecular weight is 447 g/mol. The second kappa shape index (κ2) is 8.85. The van der Waals surface area contributed by atoms with Crippen molar-refractivity contribution in [3.8, 4) is 0 Å². The minimum Gasteiger partial charge on any atom is -0.383 e. The standard InChI is InChI=1S/C16H22ClF3N2O5S/c1-9(2)28(25,26)11-6-5-10(12(17)13(11)21-7-8-27-4)22-14(23)15(3,24)16(18,19)20/h5-6,9,21,24H,7-8H2,1-4H3,(H,22,23)/t15-/m1/s1. The maximum Gasteiger partial charge on any atom is 0.426 e. The van der Waals surface area contributed by atoms with Crippen molar-refractivity contribution in [2.75, 3.05) is 30.9 Å². The first-order valence-corrected chi connectivity index (χ1v) is 10.00. The quantitative estimate of drug-likeness (QED) is 0.530. The lowest BCUT2D eigenvalue weighted by Crippen LogP contribution is -2.52. The van der Waals surface area contributed by atoms with Crippen LogP contribution in [0.15, 0.2) is 17.0 Å². The van der Waals surface area contributed by atoms with Crippen LogP contribution in [0, 0.1) is 0 Å². The monoisotopic (exact) mass is 446 g/mol. The number of ether oxygens (including phenoxy) is 1. The van der Waals surface area contributed by atoms with E-state index in [1.54, 1.807) is 0 Å². The molecule has 1 aromatic rings. The van der Waals surface area contributed by atoms with Crippen LogP contribution in [0.4, 0.5) is 24.5 Å². The predicted molar refractivity (Wildman–Crippen MR) is 99.4 cm³/mol. The van der Waals surface area contributed by atoms with Crippen molar-refractivity contribution >= 4 is 38.7 Å². The molecule has 3 N–H and O–H groups in total. The highest BCUT2D eigenvalue weighted by Crippen LogP contribution is 2.38. The van der Waals surface area contributed by atoms with Gasteiger partial charge in [0.1, 0.15) is 0 Å². The van der Waals surface area contributed by atoms with Crippen molar-refractivity contribution in [2.24, 2.45) is 0 Å². The van der Waals surface area contributed by atoms with Gasteiger partial charge < -0.3 is 20.5 Å².